The fourth-order valence-electron chi connectivity index (χ4n) is 5.79. The largest absolute Gasteiger partial charge is 0.444 e. The number of rotatable bonds is 6. The fraction of sp³-hybridized carbons (Fsp3) is 0.486. The van der Waals surface area contributed by atoms with Gasteiger partial charge in [0.05, 0.1) is 17.9 Å². The molecule has 2 aliphatic heterocycles. The van der Waals surface area contributed by atoms with Gasteiger partial charge in [-0.3, -0.25) is 14.6 Å². The van der Waals surface area contributed by atoms with E-state index in [0.717, 1.165) is 53.0 Å². The van der Waals surface area contributed by atoms with E-state index in [-0.39, 0.29) is 18.0 Å². The minimum Gasteiger partial charge on any atom is -0.444 e. The Balaban J connectivity index is 1.17. The van der Waals surface area contributed by atoms with Crippen molar-refractivity contribution in [2.24, 2.45) is 0 Å². The Morgan fingerprint density at radius 1 is 0.800 bits per heavy atom. The van der Waals surface area contributed by atoms with Crippen LogP contribution in [0, 0.1) is 0 Å². The summed E-state index contributed by atoms with van der Waals surface area (Å²) in [6.07, 6.45) is 4.23. The second kappa shape index (κ2) is 12.9. The van der Waals surface area contributed by atoms with Gasteiger partial charge in [0.15, 0.2) is 0 Å². The molecule has 2 fully saturated rings. The Kier molecular flexibility index (Phi) is 9.23. The van der Waals surface area contributed by atoms with Gasteiger partial charge in [0.1, 0.15) is 23.1 Å². The van der Waals surface area contributed by atoms with Crippen LogP contribution in [-0.2, 0) is 20.8 Å². The molecule has 2 saturated heterocycles. The number of nitrogens with zero attached hydrogens (tertiary/aromatic N) is 3. The highest BCUT2D eigenvalue weighted by Gasteiger charge is 2.37. The van der Waals surface area contributed by atoms with E-state index in [1.807, 2.05) is 72.0 Å². The van der Waals surface area contributed by atoms with Crippen molar-refractivity contribution in [3.05, 3.63) is 66.1 Å². The van der Waals surface area contributed by atoms with E-state index in [0.29, 0.717) is 26.1 Å². The van der Waals surface area contributed by atoms with Crippen molar-refractivity contribution >= 4 is 18.1 Å². The van der Waals surface area contributed by atoms with Gasteiger partial charge in [-0.05, 0) is 89.5 Å². The predicted molar refractivity (Wildman–Crippen MR) is 172 cm³/mol. The average Bonchev–Trinajstić information content (AvgIpc) is 3.75. The van der Waals surface area contributed by atoms with Crippen LogP contribution in [0.15, 0.2) is 54.7 Å². The second-order valence-electron chi connectivity index (χ2n) is 13.8. The zero-order valence-corrected chi connectivity index (χ0v) is 27.2. The number of aromatic nitrogens is 2. The molecule has 2 N–H and O–H groups in total. The number of amides is 3. The molecule has 3 amide bonds. The predicted octanol–water partition coefficient (Wildman–Crippen LogP) is 6.83. The number of hydrogen-bond acceptors (Lipinski definition) is 6. The topological polar surface area (TPSA) is 117 Å². The van der Waals surface area contributed by atoms with Crippen molar-refractivity contribution in [3.8, 4) is 22.4 Å². The molecule has 240 valence electrons. The van der Waals surface area contributed by atoms with Crippen LogP contribution in [0.25, 0.3) is 22.4 Å². The molecule has 2 atom stereocenters. The van der Waals surface area contributed by atoms with Crippen molar-refractivity contribution in [3.63, 3.8) is 0 Å². The number of ether oxygens (including phenoxy) is 2. The highest BCUT2D eigenvalue weighted by atomic mass is 16.6. The third kappa shape index (κ3) is 8.04. The van der Waals surface area contributed by atoms with Crippen LogP contribution in [0.1, 0.15) is 84.7 Å². The summed E-state index contributed by atoms with van der Waals surface area (Å²) in [5.41, 5.74) is 3.86. The van der Waals surface area contributed by atoms with Crippen molar-refractivity contribution in [2.75, 3.05) is 13.1 Å². The smallest absolute Gasteiger partial charge is 0.410 e. The molecule has 3 heterocycles. The normalized spacial score (nSPS) is 18.6. The molecule has 10 heteroatoms. The van der Waals surface area contributed by atoms with Gasteiger partial charge in [0.2, 0.25) is 5.91 Å². The summed E-state index contributed by atoms with van der Waals surface area (Å²) >= 11 is 0. The quantitative estimate of drug-likeness (QED) is 0.314. The van der Waals surface area contributed by atoms with Crippen LogP contribution in [0.2, 0.25) is 0 Å². The number of carbonyl (C=O) groups is 3. The van der Waals surface area contributed by atoms with Gasteiger partial charge in [-0.15, -0.1) is 0 Å². The monoisotopic (exact) mass is 615 g/mol. The number of carbonyl (C=O) groups excluding carboxylic acids is 3. The third-order valence-corrected chi connectivity index (χ3v) is 7.93. The molecule has 2 unspecified atom stereocenters. The number of hydrogen-bond donors (Lipinski definition) is 2. The van der Waals surface area contributed by atoms with Gasteiger partial charge in [-0.25, -0.2) is 14.6 Å². The summed E-state index contributed by atoms with van der Waals surface area (Å²) in [5.74, 6) is 0.607. The van der Waals surface area contributed by atoms with E-state index < -0.39 is 23.3 Å². The van der Waals surface area contributed by atoms with Crippen LogP contribution in [0.4, 0.5) is 9.59 Å². The first-order valence-corrected chi connectivity index (χ1v) is 15.8. The standard InChI is InChI=1S/C35H45N5O5/c1-34(2,3)44-32(42)39-19-7-9-28(39)30-36-22-27(38-30)26-17-15-25(16-18-26)24-13-11-23(12-14-24)21-37-31(41)29-10-8-20-40(29)33(43)45-35(4,5)6/h11-18,22,28-29H,7-10,19-21H2,1-6H3,(H,36,38)(H,37,41). The summed E-state index contributed by atoms with van der Waals surface area (Å²) in [4.78, 5) is 49.5. The number of H-pyrrole nitrogens is 1. The molecular weight excluding hydrogens is 570 g/mol. The molecule has 2 aromatic carbocycles. The summed E-state index contributed by atoms with van der Waals surface area (Å²) in [6.45, 7) is 12.7. The Bertz CT molecular complexity index is 1500. The zero-order valence-electron chi connectivity index (χ0n) is 27.2. The molecule has 0 aliphatic carbocycles. The van der Waals surface area contributed by atoms with Crippen LogP contribution >= 0.6 is 0 Å². The first kappa shape index (κ1) is 32.1. The molecule has 10 nitrogen and oxygen atoms in total. The van der Waals surface area contributed by atoms with E-state index >= 15 is 0 Å². The van der Waals surface area contributed by atoms with Gasteiger partial charge < -0.3 is 19.8 Å². The molecule has 0 bridgehead atoms. The Morgan fingerprint density at radius 3 is 1.96 bits per heavy atom. The number of benzene rings is 2. The fourth-order valence-corrected chi connectivity index (χ4v) is 5.79. The van der Waals surface area contributed by atoms with Crippen molar-refractivity contribution in [1.82, 2.24) is 25.1 Å². The highest BCUT2D eigenvalue weighted by Crippen LogP contribution is 2.33. The van der Waals surface area contributed by atoms with E-state index in [4.69, 9.17) is 9.47 Å². The molecule has 5 rings (SSSR count). The molecule has 2 aliphatic rings. The average molecular weight is 616 g/mol. The van der Waals surface area contributed by atoms with Gasteiger partial charge in [0.25, 0.3) is 0 Å². The van der Waals surface area contributed by atoms with Crippen LogP contribution in [0.5, 0.6) is 0 Å². The van der Waals surface area contributed by atoms with E-state index in [1.54, 1.807) is 4.90 Å². The van der Waals surface area contributed by atoms with E-state index in [9.17, 15) is 14.4 Å². The first-order valence-electron chi connectivity index (χ1n) is 15.8. The lowest BCUT2D eigenvalue weighted by molar-refractivity contribution is -0.125. The Morgan fingerprint density at radius 2 is 1.33 bits per heavy atom. The van der Waals surface area contributed by atoms with Crippen molar-refractivity contribution in [1.29, 1.82) is 0 Å². The number of imidazole rings is 1. The third-order valence-electron chi connectivity index (χ3n) is 7.93. The maximum absolute atomic E-state index is 12.9. The lowest BCUT2D eigenvalue weighted by Gasteiger charge is -2.28. The lowest BCUT2D eigenvalue weighted by atomic mass is 10.0. The van der Waals surface area contributed by atoms with Gasteiger partial charge in [-0.2, -0.15) is 0 Å². The second-order valence-corrected chi connectivity index (χ2v) is 13.8. The minimum absolute atomic E-state index is 0.127. The molecule has 0 spiro atoms. The lowest BCUT2D eigenvalue weighted by Crippen LogP contribution is -2.47. The van der Waals surface area contributed by atoms with Gasteiger partial charge >= 0.3 is 12.2 Å². The molecule has 1 aromatic heterocycles. The minimum atomic E-state index is -0.604. The number of aromatic amines is 1. The van der Waals surface area contributed by atoms with Crippen molar-refractivity contribution < 1.29 is 23.9 Å². The summed E-state index contributed by atoms with van der Waals surface area (Å²) in [5, 5.41) is 2.99. The zero-order chi connectivity index (χ0) is 32.4. The first-order chi connectivity index (χ1) is 21.3. The van der Waals surface area contributed by atoms with E-state index in [2.05, 4.69) is 39.6 Å². The van der Waals surface area contributed by atoms with Crippen LogP contribution in [0.3, 0.4) is 0 Å². The maximum atomic E-state index is 12.9. The van der Waals surface area contributed by atoms with Gasteiger partial charge in [-0.1, -0.05) is 48.5 Å². The summed E-state index contributed by atoms with van der Waals surface area (Å²) in [7, 11) is 0. The van der Waals surface area contributed by atoms with Crippen LogP contribution in [-0.4, -0.2) is 68.2 Å². The molecule has 45 heavy (non-hydrogen) atoms. The Hall–Kier alpha value is -4.34. The number of likely N-dealkylation sites (tertiary alicyclic amines) is 2. The highest BCUT2D eigenvalue weighted by molar-refractivity contribution is 5.86. The van der Waals surface area contributed by atoms with Crippen LogP contribution < -0.4 is 5.32 Å². The van der Waals surface area contributed by atoms with E-state index in [1.165, 1.54) is 4.90 Å². The SMILES string of the molecule is CC(C)(C)OC(=O)N1CCCC1C(=O)NCc1ccc(-c2ccc(-c3cnc(C4CCCN4C(=O)OC(C)(C)C)[nH]3)cc2)cc1. The van der Waals surface area contributed by atoms with Crippen molar-refractivity contribution in [2.45, 2.75) is 97.1 Å². The maximum Gasteiger partial charge on any atom is 0.410 e. The molecular formula is C35H45N5O5. The summed E-state index contributed by atoms with van der Waals surface area (Å²) in [6, 6.07) is 15.7. The summed E-state index contributed by atoms with van der Waals surface area (Å²) < 4.78 is 11.1. The Labute approximate surface area is 265 Å². The molecule has 0 saturated carbocycles. The molecule has 0 radical (unpaired) electrons. The molecule has 3 aromatic rings. The van der Waals surface area contributed by atoms with Gasteiger partial charge in [0, 0.05) is 19.6 Å². The number of nitrogens with one attached hydrogen (secondary N) is 2.